The smallest absolute Gasteiger partial charge is 0.251 e. The second-order valence-corrected chi connectivity index (χ2v) is 10.4. The summed E-state index contributed by atoms with van der Waals surface area (Å²) in [6.07, 6.45) is 3.17. The number of rotatable bonds is 6. The van der Waals surface area contributed by atoms with Crippen molar-refractivity contribution in [3.8, 4) is 16.9 Å². The van der Waals surface area contributed by atoms with Gasteiger partial charge in [-0.3, -0.25) is 4.79 Å². The van der Waals surface area contributed by atoms with Crippen molar-refractivity contribution in [2.24, 2.45) is 0 Å². The van der Waals surface area contributed by atoms with Gasteiger partial charge < -0.3 is 20.3 Å². The summed E-state index contributed by atoms with van der Waals surface area (Å²) in [5, 5.41) is 6.37. The second-order valence-electron chi connectivity index (χ2n) is 10.4. The summed E-state index contributed by atoms with van der Waals surface area (Å²) < 4.78 is 19.6. The fourth-order valence-corrected chi connectivity index (χ4v) is 5.39. The van der Waals surface area contributed by atoms with E-state index in [2.05, 4.69) is 37.6 Å². The Bertz CT molecular complexity index is 1500. The summed E-state index contributed by atoms with van der Waals surface area (Å²) in [4.78, 5) is 24.0. The number of aromatic nitrogens is 2. The fraction of sp³-hybridized carbons (Fsp3) is 0.281. The van der Waals surface area contributed by atoms with Crippen LogP contribution in [0, 0.1) is 12.7 Å². The molecule has 204 valence electrons. The van der Waals surface area contributed by atoms with Gasteiger partial charge in [0.15, 0.2) is 0 Å². The molecule has 2 aliphatic heterocycles. The quantitative estimate of drug-likeness (QED) is 0.372. The highest BCUT2D eigenvalue weighted by Crippen LogP contribution is 2.32. The lowest BCUT2D eigenvalue weighted by Gasteiger charge is -2.24. The second kappa shape index (κ2) is 11.4. The number of nitrogens with zero attached hydrogens (tertiary/aromatic N) is 3. The molecule has 40 heavy (non-hydrogen) atoms. The van der Waals surface area contributed by atoms with Crippen molar-refractivity contribution in [3.05, 3.63) is 107 Å². The maximum absolute atomic E-state index is 13.5. The van der Waals surface area contributed by atoms with Crippen LogP contribution in [-0.4, -0.2) is 48.2 Å². The Morgan fingerprint density at radius 1 is 1.07 bits per heavy atom. The molecule has 0 radical (unpaired) electrons. The normalized spacial score (nSPS) is 16.6. The predicted molar refractivity (Wildman–Crippen MR) is 153 cm³/mol. The SMILES string of the molecule is Cc1ncnc(N2CCOc3ccc(-c4ccc(C(=O)NC5CCNC5)cc4)cc3C2)c1Cc1ccc(F)cc1. The summed E-state index contributed by atoms with van der Waals surface area (Å²) >= 11 is 0. The van der Waals surface area contributed by atoms with E-state index < -0.39 is 0 Å². The third kappa shape index (κ3) is 5.67. The molecule has 3 heterocycles. The molecule has 3 aromatic carbocycles. The molecule has 0 spiro atoms. The largest absolute Gasteiger partial charge is 0.491 e. The number of nitrogens with one attached hydrogen (secondary N) is 2. The average Bonchev–Trinajstić information content (AvgIpc) is 3.39. The lowest BCUT2D eigenvalue weighted by molar-refractivity contribution is 0.0940. The van der Waals surface area contributed by atoms with Crippen LogP contribution in [0.1, 0.15) is 39.2 Å². The molecule has 0 saturated carbocycles. The van der Waals surface area contributed by atoms with Gasteiger partial charge in [0.25, 0.3) is 5.91 Å². The van der Waals surface area contributed by atoms with Crippen molar-refractivity contribution in [2.75, 3.05) is 31.1 Å². The molecule has 1 fully saturated rings. The minimum Gasteiger partial charge on any atom is -0.491 e. The third-order valence-electron chi connectivity index (χ3n) is 7.65. The van der Waals surface area contributed by atoms with Crippen molar-refractivity contribution in [1.29, 1.82) is 0 Å². The van der Waals surface area contributed by atoms with Crippen molar-refractivity contribution in [1.82, 2.24) is 20.6 Å². The number of ether oxygens (including phenoxy) is 1. The van der Waals surface area contributed by atoms with E-state index in [9.17, 15) is 9.18 Å². The number of anilines is 1. The van der Waals surface area contributed by atoms with Crippen molar-refractivity contribution >= 4 is 11.7 Å². The zero-order chi connectivity index (χ0) is 27.5. The Morgan fingerprint density at radius 2 is 1.88 bits per heavy atom. The molecule has 1 amide bonds. The van der Waals surface area contributed by atoms with Gasteiger partial charge in [0.1, 0.15) is 30.3 Å². The molecule has 1 atom stereocenters. The van der Waals surface area contributed by atoms with Crippen LogP contribution >= 0.6 is 0 Å². The average molecular weight is 538 g/mol. The molecule has 2 aliphatic rings. The van der Waals surface area contributed by atoms with Crippen LogP contribution in [0.3, 0.4) is 0 Å². The van der Waals surface area contributed by atoms with Crippen LogP contribution in [0.25, 0.3) is 11.1 Å². The first kappa shape index (κ1) is 26.0. The molecule has 1 unspecified atom stereocenters. The Kier molecular flexibility index (Phi) is 7.42. The monoisotopic (exact) mass is 537 g/mol. The number of aryl methyl sites for hydroxylation is 1. The summed E-state index contributed by atoms with van der Waals surface area (Å²) in [6, 6.07) is 20.7. The van der Waals surface area contributed by atoms with Crippen LogP contribution in [0.15, 0.2) is 73.1 Å². The van der Waals surface area contributed by atoms with Gasteiger partial charge >= 0.3 is 0 Å². The number of carbonyl (C=O) groups is 1. The van der Waals surface area contributed by atoms with E-state index in [0.29, 0.717) is 31.7 Å². The number of fused-ring (bicyclic) bond motifs is 1. The zero-order valence-corrected chi connectivity index (χ0v) is 22.5. The van der Waals surface area contributed by atoms with E-state index in [1.165, 1.54) is 12.1 Å². The van der Waals surface area contributed by atoms with Gasteiger partial charge in [0.2, 0.25) is 0 Å². The first-order valence-corrected chi connectivity index (χ1v) is 13.7. The lowest BCUT2D eigenvalue weighted by atomic mass is 10.00. The molecule has 0 aliphatic carbocycles. The predicted octanol–water partition coefficient (Wildman–Crippen LogP) is 4.67. The molecule has 7 nitrogen and oxygen atoms in total. The minimum absolute atomic E-state index is 0.0391. The summed E-state index contributed by atoms with van der Waals surface area (Å²) in [7, 11) is 0. The van der Waals surface area contributed by atoms with Gasteiger partial charge in [-0.25, -0.2) is 14.4 Å². The molecule has 0 bridgehead atoms. The van der Waals surface area contributed by atoms with E-state index in [-0.39, 0.29) is 17.8 Å². The molecule has 6 rings (SSSR count). The Hall–Kier alpha value is -4.30. The van der Waals surface area contributed by atoms with Gasteiger partial charge in [0.05, 0.1) is 6.54 Å². The molecule has 1 saturated heterocycles. The molecule has 1 aromatic heterocycles. The summed E-state index contributed by atoms with van der Waals surface area (Å²) in [6.45, 7) is 5.59. The summed E-state index contributed by atoms with van der Waals surface area (Å²) in [5.41, 5.74) is 6.75. The van der Waals surface area contributed by atoms with E-state index in [0.717, 1.165) is 64.6 Å². The first-order chi connectivity index (χ1) is 19.5. The van der Waals surface area contributed by atoms with Gasteiger partial charge in [-0.1, -0.05) is 30.3 Å². The summed E-state index contributed by atoms with van der Waals surface area (Å²) in [5.74, 6) is 1.44. The number of amides is 1. The van der Waals surface area contributed by atoms with Crippen LogP contribution < -0.4 is 20.3 Å². The van der Waals surface area contributed by atoms with E-state index in [1.54, 1.807) is 18.5 Å². The topological polar surface area (TPSA) is 79.4 Å². The van der Waals surface area contributed by atoms with Crippen LogP contribution in [0.2, 0.25) is 0 Å². The van der Waals surface area contributed by atoms with Crippen molar-refractivity contribution < 1.29 is 13.9 Å². The fourth-order valence-electron chi connectivity index (χ4n) is 5.39. The van der Waals surface area contributed by atoms with Crippen LogP contribution in [0.4, 0.5) is 10.2 Å². The maximum atomic E-state index is 13.5. The highest BCUT2D eigenvalue weighted by molar-refractivity contribution is 5.95. The number of carbonyl (C=O) groups excluding carboxylic acids is 1. The van der Waals surface area contributed by atoms with E-state index >= 15 is 0 Å². The van der Waals surface area contributed by atoms with Gasteiger partial charge in [-0.05, 0) is 73.0 Å². The molecular formula is C32H32FN5O2. The Morgan fingerprint density at radius 3 is 2.65 bits per heavy atom. The standard InChI is InChI=1S/C32H32FN5O2/c1-21-29(16-22-2-9-27(33)10-3-22)31(36-20-35-21)38-14-15-40-30-11-8-25(17-26(30)19-38)23-4-6-24(7-5-23)32(39)37-28-12-13-34-18-28/h2-11,17,20,28,34H,12-16,18-19H2,1H3,(H,37,39). The van der Waals surface area contributed by atoms with Crippen LogP contribution in [-0.2, 0) is 13.0 Å². The van der Waals surface area contributed by atoms with E-state index in [4.69, 9.17) is 4.74 Å². The molecular weight excluding hydrogens is 505 g/mol. The van der Waals surface area contributed by atoms with Gasteiger partial charge in [-0.15, -0.1) is 0 Å². The zero-order valence-electron chi connectivity index (χ0n) is 22.5. The van der Waals surface area contributed by atoms with Crippen LogP contribution in [0.5, 0.6) is 5.75 Å². The first-order valence-electron chi connectivity index (χ1n) is 13.7. The van der Waals surface area contributed by atoms with Crippen molar-refractivity contribution in [3.63, 3.8) is 0 Å². The van der Waals surface area contributed by atoms with Crippen molar-refractivity contribution in [2.45, 2.75) is 32.4 Å². The number of hydrogen-bond acceptors (Lipinski definition) is 6. The maximum Gasteiger partial charge on any atom is 0.251 e. The van der Waals surface area contributed by atoms with E-state index in [1.807, 2.05) is 37.3 Å². The minimum atomic E-state index is -0.249. The highest BCUT2D eigenvalue weighted by Gasteiger charge is 2.22. The Labute approximate surface area is 233 Å². The molecule has 2 N–H and O–H groups in total. The number of benzene rings is 3. The third-order valence-corrected chi connectivity index (χ3v) is 7.65. The lowest BCUT2D eigenvalue weighted by Crippen LogP contribution is -2.36. The highest BCUT2D eigenvalue weighted by atomic mass is 19.1. The Balaban J connectivity index is 1.23. The molecule has 4 aromatic rings. The molecule has 8 heteroatoms. The van der Waals surface area contributed by atoms with Gasteiger partial charge in [-0.2, -0.15) is 0 Å². The van der Waals surface area contributed by atoms with Gasteiger partial charge in [0, 0.05) is 47.9 Å². The number of halogens is 1. The number of hydrogen-bond donors (Lipinski definition) is 2.